The Hall–Kier alpha value is -1.93. The minimum Gasteiger partial charge on any atom is -0.324 e. The molecule has 0 bridgehead atoms. The zero-order valence-electron chi connectivity index (χ0n) is 14.5. The monoisotopic (exact) mass is 442 g/mol. The molecule has 2 aromatic carbocycles. The van der Waals surface area contributed by atoms with E-state index in [1.165, 1.54) is 16.4 Å². The third-order valence-electron chi connectivity index (χ3n) is 3.75. The molecule has 0 saturated carbocycles. The van der Waals surface area contributed by atoms with Crippen molar-refractivity contribution in [1.29, 1.82) is 0 Å². The first-order valence-electron chi connectivity index (χ1n) is 7.97. The molecule has 5 nitrogen and oxygen atoms in total. The number of nitrogens with one attached hydrogen (secondary N) is 1. The zero-order chi connectivity index (χ0) is 19.3. The van der Waals surface area contributed by atoms with Gasteiger partial charge in [0, 0.05) is 17.4 Å². The van der Waals surface area contributed by atoms with E-state index >= 15 is 0 Å². The fourth-order valence-electron chi connectivity index (χ4n) is 2.49. The van der Waals surface area contributed by atoms with Crippen molar-refractivity contribution in [1.82, 2.24) is 0 Å². The molecule has 26 heavy (non-hydrogen) atoms. The van der Waals surface area contributed by atoms with Gasteiger partial charge in [-0.1, -0.05) is 34.1 Å². The van der Waals surface area contributed by atoms with Gasteiger partial charge >= 0.3 is 0 Å². The minimum atomic E-state index is -3.47. The Morgan fingerprint density at radius 2 is 1.92 bits per heavy atom. The van der Waals surface area contributed by atoms with E-state index in [-0.39, 0.29) is 24.6 Å². The van der Waals surface area contributed by atoms with Crippen LogP contribution in [-0.4, -0.2) is 27.1 Å². The first-order valence-corrected chi connectivity index (χ1v) is 10.6. The van der Waals surface area contributed by atoms with E-state index < -0.39 is 15.8 Å². The number of nitrogens with zero attached hydrogens (tertiary/aromatic N) is 1. The molecular formula is C18H20BrFN2O3S. The topological polar surface area (TPSA) is 66.5 Å². The van der Waals surface area contributed by atoms with Crippen LogP contribution in [0, 0.1) is 12.7 Å². The number of aryl methyl sites for hydroxylation is 1. The van der Waals surface area contributed by atoms with Crippen LogP contribution in [0.3, 0.4) is 0 Å². The van der Waals surface area contributed by atoms with Crippen molar-refractivity contribution in [3.05, 3.63) is 58.3 Å². The number of rotatable bonds is 7. The number of para-hydroxylation sites is 1. The number of sulfonamides is 1. The van der Waals surface area contributed by atoms with Gasteiger partial charge < -0.3 is 5.32 Å². The molecule has 0 aromatic heterocycles. The summed E-state index contributed by atoms with van der Waals surface area (Å²) in [5.41, 5.74) is 1.52. The average molecular weight is 443 g/mol. The molecule has 8 heteroatoms. The third kappa shape index (κ3) is 5.54. The number of amides is 1. The summed E-state index contributed by atoms with van der Waals surface area (Å²) in [6, 6.07) is 11.5. The lowest BCUT2D eigenvalue weighted by Gasteiger charge is -2.24. The summed E-state index contributed by atoms with van der Waals surface area (Å²) in [5, 5.41) is 2.50. The minimum absolute atomic E-state index is 0.0768. The van der Waals surface area contributed by atoms with E-state index in [0.29, 0.717) is 16.6 Å². The quantitative estimate of drug-likeness (QED) is 0.702. The molecule has 2 rings (SSSR count). The largest absolute Gasteiger partial charge is 0.324 e. The van der Waals surface area contributed by atoms with Crippen molar-refractivity contribution >= 4 is 43.2 Å². The van der Waals surface area contributed by atoms with Gasteiger partial charge in [-0.15, -0.1) is 0 Å². The van der Waals surface area contributed by atoms with Crippen LogP contribution in [0.5, 0.6) is 0 Å². The lowest BCUT2D eigenvalue weighted by atomic mass is 10.2. The summed E-state index contributed by atoms with van der Waals surface area (Å²) in [5.74, 6) is -0.908. The standard InChI is InChI=1S/C18H20BrFN2O3S/c1-13-6-3-4-7-17(13)22(26(2,24)25)11-5-8-18(23)21-16-10-9-14(19)12-15(16)20/h3-4,6-7,9-10,12H,5,8,11H2,1-2H3,(H,21,23). The van der Waals surface area contributed by atoms with Gasteiger partial charge in [0.1, 0.15) is 5.82 Å². The van der Waals surface area contributed by atoms with Gasteiger partial charge in [-0.05, 0) is 43.2 Å². The van der Waals surface area contributed by atoms with Gasteiger partial charge in [-0.25, -0.2) is 12.8 Å². The number of hydrogen-bond acceptors (Lipinski definition) is 3. The maximum absolute atomic E-state index is 13.8. The van der Waals surface area contributed by atoms with E-state index in [1.807, 2.05) is 19.1 Å². The maximum atomic E-state index is 13.8. The normalized spacial score (nSPS) is 11.2. The summed E-state index contributed by atoms with van der Waals surface area (Å²) >= 11 is 3.15. The summed E-state index contributed by atoms with van der Waals surface area (Å²) in [6.45, 7) is 2.00. The molecule has 0 heterocycles. The van der Waals surface area contributed by atoms with Gasteiger partial charge in [0.2, 0.25) is 15.9 Å². The zero-order valence-corrected chi connectivity index (χ0v) is 16.9. The molecule has 2 aromatic rings. The van der Waals surface area contributed by atoms with E-state index in [2.05, 4.69) is 21.2 Å². The van der Waals surface area contributed by atoms with E-state index in [4.69, 9.17) is 0 Å². The van der Waals surface area contributed by atoms with Crippen LogP contribution in [0.15, 0.2) is 46.9 Å². The molecule has 0 saturated heterocycles. The molecule has 1 N–H and O–H groups in total. The van der Waals surface area contributed by atoms with Crippen molar-refractivity contribution in [3.63, 3.8) is 0 Å². The summed E-state index contributed by atoms with van der Waals surface area (Å²) in [7, 11) is -3.47. The molecular weight excluding hydrogens is 423 g/mol. The van der Waals surface area contributed by atoms with Gasteiger partial charge in [0.15, 0.2) is 0 Å². The highest BCUT2D eigenvalue weighted by Gasteiger charge is 2.19. The molecule has 0 aliphatic heterocycles. The number of anilines is 2. The molecule has 0 aliphatic rings. The highest BCUT2D eigenvalue weighted by molar-refractivity contribution is 9.10. The highest BCUT2D eigenvalue weighted by Crippen LogP contribution is 2.23. The number of halogens is 2. The summed E-state index contributed by atoms with van der Waals surface area (Å²) < 4.78 is 39.8. The summed E-state index contributed by atoms with van der Waals surface area (Å²) in [4.78, 5) is 12.0. The smallest absolute Gasteiger partial charge is 0.232 e. The second-order valence-electron chi connectivity index (χ2n) is 5.90. The van der Waals surface area contributed by atoms with Crippen molar-refractivity contribution in [2.75, 3.05) is 22.4 Å². The number of hydrogen-bond donors (Lipinski definition) is 1. The van der Waals surface area contributed by atoms with E-state index in [0.717, 1.165) is 11.8 Å². The summed E-state index contributed by atoms with van der Waals surface area (Å²) in [6.07, 6.45) is 1.52. The van der Waals surface area contributed by atoms with Gasteiger partial charge in [-0.2, -0.15) is 0 Å². The van der Waals surface area contributed by atoms with E-state index in [9.17, 15) is 17.6 Å². The third-order valence-corrected chi connectivity index (χ3v) is 5.43. The SMILES string of the molecule is Cc1ccccc1N(CCCC(=O)Nc1ccc(Br)cc1F)S(C)(=O)=O. The second kappa shape index (κ2) is 8.64. The van der Waals surface area contributed by atoms with Crippen LogP contribution in [0.1, 0.15) is 18.4 Å². The van der Waals surface area contributed by atoms with Crippen molar-refractivity contribution in [2.45, 2.75) is 19.8 Å². The van der Waals surface area contributed by atoms with Crippen molar-refractivity contribution in [2.24, 2.45) is 0 Å². The Morgan fingerprint density at radius 1 is 1.23 bits per heavy atom. The second-order valence-corrected chi connectivity index (χ2v) is 8.72. The average Bonchev–Trinajstić information content (AvgIpc) is 2.54. The highest BCUT2D eigenvalue weighted by atomic mass is 79.9. The molecule has 0 aliphatic carbocycles. The van der Waals surface area contributed by atoms with Gasteiger partial charge in [0.05, 0.1) is 17.6 Å². The predicted octanol–water partition coefficient (Wildman–Crippen LogP) is 4.08. The Morgan fingerprint density at radius 3 is 2.54 bits per heavy atom. The maximum Gasteiger partial charge on any atom is 0.232 e. The van der Waals surface area contributed by atoms with E-state index in [1.54, 1.807) is 18.2 Å². The lowest BCUT2D eigenvalue weighted by molar-refractivity contribution is -0.116. The fraction of sp³-hybridized carbons (Fsp3) is 0.278. The first-order chi connectivity index (χ1) is 12.2. The van der Waals surface area contributed by atoms with Crippen LogP contribution < -0.4 is 9.62 Å². The molecule has 0 radical (unpaired) electrons. The Bertz CT molecular complexity index is 903. The molecule has 1 amide bonds. The first kappa shape index (κ1) is 20.4. The van der Waals surface area contributed by atoms with Crippen LogP contribution in [-0.2, 0) is 14.8 Å². The Kier molecular flexibility index (Phi) is 6.77. The van der Waals surface area contributed by atoms with Gasteiger partial charge in [-0.3, -0.25) is 9.10 Å². The van der Waals surface area contributed by atoms with Crippen LogP contribution >= 0.6 is 15.9 Å². The number of benzene rings is 2. The Balaban J connectivity index is 1.99. The lowest BCUT2D eigenvalue weighted by Crippen LogP contribution is -2.32. The molecule has 0 spiro atoms. The van der Waals surface area contributed by atoms with Crippen LogP contribution in [0.4, 0.5) is 15.8 Å². The molecule has 0 unspecified atom stereocenters. The molecule has 0 fully saturated rings. The molecule has 140 valence electrons. The fourth-order valence-corrected chi connectivity index (χ4v) is 3.85. The predicted molar refractivity (Wildman–Crippen MR) is 105 cm³/mol. The number of carbonyl (C=O) groups excluding carboxylic acids is 1. The van der Waals surface area contributed by atoms with Gasteiger partial charge in [0.25, 0.3) is 0 Å². The van der Waals surface area contributed by atoms with Crippen LogP contribution in [0.2, 0.25) is 0 Å². The van der Waals surface area contributed by atoms with Crippen molar-refractivity contribution < 1.29 is 17.6 Å². The van der Waals surface area contributed by atoms with Crippen LogP contribution in [0.25, 0.3) is 0 Å². The van der Waals surface area contributed by atoms with Crippen molar-refractivity contribution in [3.8, 4) is 0 Å². The Labute approximate surface area is 161 Å². The molecule has 0 atom stereocenters. The number of carbonyl (C=O) groups is 1.